The smallest absolute Gasteiger partial charge is 0.269 e. The number of ketones is 1. The van der Waals surface area contributed by atoms with Gasteiger partial charge in [-0.15, -0.1) is 6.42 Å². The topological polar surface area (TPSA) is 60.2 Å². The number of Topliss-reactive ketones (excluding diaryl/α,β-unsaturated/α-hetero) is 1. The van der Waals surface area contributed by atoms with Crippen LogP contribution in [0.1, 0.15) is 33.8 Å². The zero-order valence-corrected chi connectivity index (χ0v) is 12.2. The SMILES string of the molecule is C#CC(CC(=O)c1ccc([N+](=O)[O-])cc1)c1cccc(C)c1. The number of hydrogen-bond acceptors (Lipinski definition) is 3. The van der Waals surface area contributed by atoms with Gasteiger partial charge >= 0.3 is 0 Å². The summed E-state index contributed by atoms with van der Waals surface area (Å²) in [6.07, 6.45) is 5.73. The Hall–Kier alpha value is -2.93. The molecular weight excluding hydrogens is 278 g/mol. The van der Waals surface area contributed by atoms with Gasteiger partial charge in [0.2, 0.25) is 0 Å². The van der Waals surface area contributed by atoms with Crippen LogP contribution in [0.15, 0.2) is 48.5 Å². The van der Waals surface area contributed by atoms with Gasteiger partial charge in [-0.1, -0.05) is 35.7 Å². The second-order valence-corrected chi connectivity index (χ2v) is 5.06. The summed E-state index contributed by atoms with van der Waals surface area (Å²) >= 11 is 0. The van der Waals surface area contributed by atoms with Crippen LogP contribution in [0, 0.1) is 29.4 Å². The molecule has 0 amide bonds. The standard InChI is InChI=1S/C18H15NO3/c1-3-14(16-6-4-5-13(2)11-16)12-18(20)15-7-9-17(10-8-15)19(21)22/h1,4-11,14H,12H2,2H3. The van der Waals surface area contributed by atoms with Crippen molar-refractivity contribution in [3.05, 3.63) is 75.3 Å². The fourth-order valence-corrected chi connectivity index (χ4v) is 2.23. The Morgan fingerprint density at radius 3 is 2.50 bits per heavy atom. The number of carbonyl (C=O) groups excluding carboxylic acids is 1. The van der Waals surface area contributed by atoms with E-state index in [0.29, 0.717) is 5.56 Å². The van der Waals surface area contributed by atoms with Crippen LogP contribution in [-0.4, -0.2) is 10.7 Å². The van der Waals surface area contributed by atoms with E-state index in [0.717, 1.165) is 11.1 Å². The van der Waals surface area contributed by atoms with Gasteiger partial charge in [0.1, 0.15) is 0 Å². The monoisotopic (exact) mass is 293 g/mol. The number of carbonyl (C=O) groups is 1. The third-order valence-corrected chi connectivity index (χ3v) is 3.44. The summed E-state index contributed by atoms with van der Waals surface area (Å²) < 4.78 is 0. The van der Waals surface area contributed by atoms with Crippen molar-refractivity contribution in [1.29, 1.82) is 0 Å². The number of hydrogen-bond donors (Lipinski definition) is 0. The Morgan fingerprint density at radius 2 is 1.95 bits per heavy atom. The highest BCUT2D eigenvalue weighted by Gasteiger charge is 2.16. The summed E-state index contributed by atoms with van der Waals surface area (Å²) in [6, 6.07) is 13.3. The molecule has 2 aromatic rings. The van der Waals surface area contributed by atoms with Gasteiger partial charge in [-0.25, -0.2) is 0 Å². The predicted molar refractivity (Wildman–Crippen MR) is 84.8 cm³/mol. The molecule has 0 aliphatic carbocycles. The molecule has 4 nitrogen and oxygen atoms in total. The summed E-state index contributed by atoms with van der Waals surface area (Å²) in [7, 11) is 0. The first kappa shape index (κ1) is 15.5. The van der Waals surface area contributed by atoms with Crippen LogP contribution in [0.25, 0.3) is 0 Å². The minimum Gasteiger partial charge on any atom is -0.294 e. The maximum atomic E-state index is 12.3. The van der Waals surface area contributed by atoms with E-state index in [-0.39, 0.29) is 23.8 Å². The molecule has 0 aliphatic heterocycles. The molecule has 2 rings (SSSR count). The fourth-order valence-electron chi connectivity index (χ4n) is 2.23. The number of terminal acetylenes is 1. The summed E-state index contributed by atoms with van der Waals surface area (Å²) in [6.45, 7) is 1.97. The second kappa shape index (κ2) is 6.68. The molecule has 22 heavy (non-hydrogen) atoms. The second-order valence-electron chi connectivity index (χ2n) is 5.06. The van der Waals surface area contributed by atoms with Gasteiger partial charge in [0.05, 0.1) is 10.8 Å². The van der Waals surface area contributed by atoms with Crippen molar-refractivity contribution in [3.63, 3.8) is 0 Å². The first-order valence-electron chi connectivity index (χ1n) is 6.81. The lowest BCUT2D eigenvalue weighted by Crippen LogP contribution is -2.06. The van der Waals surface area contributed by atoms with E-state index in [2.05, 4.69) is 5.92 Å². The summed E-state index contributed by atoms with van der Waals surface area (Å²) in [5.74, 6) is 2.22. The Balaban J connectivity index is 2.16. The molecule has 0 aromatic heterocycles. The third kappa shape index (κ3) is 3.58. The summed E-state index contributed by atoms with van der Waals surface area (Å²) in [5.41, 5.74) is 2.40. The normalized spacial score (nSPS) is 11.5. The zero-order valence-electron chi connectivity index (χ0n) is 12.2. The van der Waals surface area contributed by atoms with Crippen LogP contribution < -0.4 is 0 Å². The van der Waals surface area contributed by atoms with E-state index >= 15 is 0 Å². The molecule has 0 fully saturated rings. The highest BCUT2D eigenvalue weighted by Crippen LogP contribution is 2.23. The summed E-state index contributed by atoms with van der Waals surface area (Å²) in [5, 5.41) is 10.6. The Morgan fingerprint density at radius 1 is 1.27 bits per heavy atom. The van der Waals surface area contributed by atoms with Crippen molar-refractivity contribution in [2.75, 3.05) is 0 Å². The van der Waals surface area contributed by atoms with Gasteiger partial charge in [-0.3, -0.25) is 14.9 Å². The lowest BCUT2D eigenvalue weighted by molar-refractivity contribution is -0.384. The summed E-state index contributed by atoms with van der Waals surface area (Å²) in [4.78, 5) is 22.4. The van der Waals surface area contributed by atoms with Crippen LogP contribution >= 0.6 is 0 Å². The average molecular weight is 293 g/mol. The van der Waals surface area contributed by atoms with Crippen molar-refractivity contribution >= 4 is 11.5 Å². The van der Waals surface area contributed by atoms with E-state index in [1.807, 2.05) is 31.2 Å². The Kier molecular flexibility index (Phi) is 4.70. The minimum atomic E-state index is -0.495. The number of nitro benzene ring substituents is 1. The van der Waals surface area contributed by atoms with Crippen molar-refractivity contribution in [1.82, 2.24) is 0 Å². The van der Waals surface area contributed by atoms with Crippen molar-refractivity contribution in [2.24, 2.45) is 0 Å². The lowest BCUT2D eigenvalue weighted by Gasteiger charge is -2.11. The first-order valence-corrected chi connectivity index (χ1v) is 6.81. The highest BCUT2D eigenvalue weighted by molar-refractivity contribution is 5.97. The van der Waals surface area contributed by atoms with E-state index in [4.69, 9.17) is 6.42 Å². The number of nitrogens with zero attached hydrogens (tertiary/aromatic N) is 1. The highest BCUT2D eigenvalue weighted by atomic mass is 16.6. The van der Waals surface area contributed by atoms with Crippen LogP contribution in [0.5, 0.6) is 0 Å². The molecule has 0 saturated carbocycles. The van der Waals surface area contributed by atoms with Crippen LogP contribution in [0.4, 0.5) is 5.69 Å². The maximum absolute atomic E-state index is 12.3. The molecule has 0 aliphatic rings. The molecule has 110 valence electrons. The Labute approximate surface area is 128 Å². The van der Waals surface area contributed by atoms with E-state index in [1.54, 1.807) is 0 Å². The van der Waals surface area contributed by atoms with Gasteiger partial charge in [0, 0.05) is 24.1 Å². The molecule has 0 saturated heterocycles. The third-order valence-electron chi connectivity index (χ3n) is 3.44. The van der Waals surface area contributed by atoms with E-state index in [1.165, 1.54) is 24.3 Å². The predicted octanol–water partition coefficient (Wildman–Crippen LogP) is 3.89. The quantitative estimate of drug-likeness (QED) is 0.363. The molecule has 0 heterocycles. The van der Waals surface area contributed by atoms with Gasteiger partial charge in [0.25, 0.3) is 5.69 Å². The fraction of sp³-hybridized carbons (Fsp3) is 0.167. The molecule has 1 unspecified atom stereocenters. The average Bonchev–Trinajstić information content (AvgIpc) is 2.52. The number of benzene rings is 2. The van der Waals surface area contributed by atoms with E-state index < -0.39 is 4.92 Å². The van der Waals surface area contributed by atoms with Gasteiger partial charge in [-0.2, -0.15) is 0 Å². The van der Waals surface area contributed by atoms with Crippen molar-refractivity contribution in [2.45, 2.75) is 19.3 Å². The van der Waals surface area contributed by atoms with Gasteiger partial charge in [-0.05, 0) is 24.6 Å². The van der Waals surface area contributed by atoms with E-state index in [9.17, 15) is 14.9 Å². The van der Waals surface area contributed by atoms with Gasteiger partial charge < -0.3 is 0 Å². The number of non-ortho nitro benzene ring substituents is 1. The molecule has 1 atom stereocenters. The molecule has 0 radical (unpaired) electrons. The zero-order chi connectivity index (χ0) is 16.1. The number of rotatable bonds is 5. The Bertz CT molecular complexity index is 742. The first-order chi connectivity index (χ1) is 10.5. The molecule has 2 aromatic carbocycles. The van der Waals surface area contributed by atoms with Crippen LogP contribution in [-0.2, 0) is 0 Å². The number of nitro groups is 1. The van der Waals surface area contributed by atoms with Gasteiger partial charge in [0.15, 0.2) is 5.78 Å². The molecular formula is C18H15NO3. The molecule has 0 bridgehead atoms. The lowest BCUT2D eigenvalue weighted by atomic mass is 9.91. The minimum absolute atomic E-state index is 0.0382. The van der Waals surface area contributed by atoms with Crippen LogP contribution in [0.2, 0.25) is 0 Å². The maximum Gasteiger partial charge on any atom is 0.269 e. The largest absolute Gasteiger partial charge is 0.294 e. The van der Waals surface area contributed by atoms with Crippen LogP contribution in [0.3, 0.4) is 0 Å². The molecule has 0 N–H and O–H groups in total. The van der Waals surface area contributed by atoms with Crippen molar-refractivity contribution in [3.8, 4) is 12.3 Å². The van der Waals surface area contributed by atoms with Crippen molar-refractivity contribution < 1.29 is 9.72 Å². The molecule has 4 heteroatoms. The number of aryl methyl sites for hydroxylation is 1. The molecule has 0 spiro atoms.